The van der Waals surface area contributed by atoms with Crippen molar-refractivity contribution in [3.8, 4) is 0 Å². The third kappa shape index (κ3) is 6.77. The lowest BCUT2D eigenvalue weighted by molar-refractivity contribution is 0.547. The van der Waals surface area contributed by atoms with E-state index >= 15 is 0 Å². The van der Waals surface area contributed by atoms with Gasteiger partial charge in [-0.2, -0.15) is 0 Å². The summed E-state index contributed by atoms with van der Waals surface area (Å²) in [6, 6.07) is 10.4. The van der Waals surface area contributed by atoms with Crippen molar-refractivity contribution in [2.75, 3.05) is 13.1 Å². The van der Waals surface area contributed by atoms with Gasteiger partial charge in [0.2, 0.25) is 0 Å². The van der Waals surface area contributed by atoms with Crippen LogP contribution in [0.5, 0.6) is 0 Å². The molecule has 0 aliphatic heterocycles. The topological polar surface area (TPSA) is 38.0 Å². The summed E-state index contributed by atoms with van der Waals surface area (Å²) in [5.74, 6) is 0. The molecule has 0 aromatic heterocycles. The van der Waals surface area contributed by atoms with Crippen LogP contribution in [0.25, 0.3) is 0 Å². The first kappa shape index (κ1) is 15.2. The summed E-state index contributed by atoms with van der Waals surface area (Å²) in [6.07, 6.45) is 8.08. The lowest BCUT2D eigenvalue weighted by Gasteiger charge is -2.13. The van der Waals surface area contributed by atoms with Crippen molar-refractivity contribution < 1.29 is 0 Å². The average Bonchev–Trinajstić information content (AvgIpc) is 2.42. The Bertz CT molecular complexity index is 284. The Morgan fingerprint density at radius 2 is 1.67 bits per heavy atom. The lowest BCUT2D eigenvalue weighted by atomic mass is 10.1. The van der Waals surface area contributed by atoms with E-state index in [4.69, 9.17) is 5.73 Å². The zero-order valence-corrected chi connectivity index (χ0v) is 11.7. The molecule has 1 atom stereocenters. The van der Waals surface area contributed by atoms with Gasteiger partial charge in [-0.25, -0.2) is 0 Å². The van der Waals surface area contributed by atoms with Crippen molar-refractivity contribution in [2.45, 2.75) is 51.5 Å². The Morgan fingerprint density at radius 3 is 2.39 bits per heavy atom. The quantitative estimate of drug-likeness (QED) is 0.620. The van der Waals surface area contributed by atoms with Gasteiger partial charge in [-0.3, -0.25) is 0 Å². The molecule has 18 heavy (non-hydrogen) atoms. The van der Waals surface area contributed by atoms with Crippen LogP contribution in [0.1, 0.15) is 57.1 Å². The maximum absolute atomic E-state index is 6.11. The summed E-state index contributed by atoms with van der Waals surface area (Å²) in [7, 11) is 0. The molecule has 1 unspecified atom stereocenters. The van der Waals surface area contributed by atoms with Gasteiger partial charge in [0.05, 0.1) is 0 Å². The van der Waals surface area contributed by atoms with E-state index in [9.17, 15) is 0 Å². The molecule has 3 N–H and O–H groups in total. The fourth-order valence-electron chi connectivity index (χ4n) is 2.11. The van der Waals surface area contributed by atoms with Crippen molar-refractivity contribution in [1.82, 2.24) is 5.32 Å². The van der Waals surface area contributed by atoms with E-state index < -0.39 is 0 Å². The molecule has 1 aromatic rings. The van der Waals surface area contributed by atoms with E-state index in [0.29, 0.717) is 0 Å². The van der Waals surface area contributed by atoms with Crippen LogP contribution in [0.2, 0.25) is 0 Å². The van der Waals surface area contributed by atoms with Gasteiger partial charge in [-0.1, -0.05) is 69.4 Å². The number of rotatable bonds is 10. The first-order chi connectivity index (χ1) is 8.84. The molecule has 0 bridgehead atoms. The van der Waals surface area contributed by atoms with Crippen molar-refractivity contribution in [3.05, 3.63) is 35.9 Å². The highest BCUT2D eigenvalue weighted by atomic mass is 14.9. The zero-order valence-electron chi connectivity index (χ0n) is 11.7. The summed E-state index contributed by atoms with van der Waals surface area (Å²) in [6.45, 7) is 4.22. The SMILES string of the molecule is CCCCCCCCNCC(N)c1ccccc1. The van der Waals surface area contributed by atoms with Crippen LogP contribution in [-0.4, -0.2) is 13.1 Å². The van der Waals surface area contributed by atoms with Crippen molar-refractivity contribution in [3.63, 3.8) is 0 Å². The van der Waals surface area contributed by atoms with Gasteiger partial charge in [0.1, 0.15) is 0 Å². The molecule has 0 saturated carbocycles. The highest BCUT2D eigenvalue weighted by Crippen LogP contribution is 2.08. The summed E-state index contributed by atoms with van der Waals surface area (Å²) < 4.78 is 0. The molecule has 0 heterocycles. The van der Waals surface area contributed by atoms with Gasteiger partial charge in [0.15, 0.2) is 0 Å². The third-order valence-corrected chi connectivity index (χ3v) is 3.30. The number of hydrogen-bond acceptors (Lipinski definition) is 2. The Labute approximate surface area is 112 Å². The van der Waals surface area contributed by atoms with E-state index in [1.807, 2.05) is 18.2 Å². The number of nitrogens with one attached hydrogen (secondary N) is 1. The molecule has 1 aromatic carbocycles. The minimum Gasteiger partial charge on any atom is -0.323 e. The number of nitrogens with two attached hydrogens (primary N) is 1. The number of hydrogen-bond donors (Lipinski definition) is 2. The second kappa shape index (κ2) is 10.1. The summed E-state index contributed by atoms with van der Waals surface area (Å²) >= 11 is 0. The third-order valence-electron chi connectivity index (χ3n) is 3.30. The van der Waals surface area contributed by atoms with Crippen LogP contribution >= 0.6 is 0 Å². The smallest absolute Gasteiger partial charge is 0.0421 e. The summed E-state index contributed by atoms with van der Waals surface area (Å²) in [5, 5.41) is 3.45. The van der Waals surface area contributed by atoms with E-state index in [2.05, 4.69) is 24.4 Å². The average molecular weight is 248 g/mol. The fourth-order valence-corrected chi connectivity index (χ4v) is 2.11. The highest BCUT2D eigenvalue weighted by molar-refractivity contribution is 5.18. The Hall–Kier alpha value is -0.860. The van der Waals surface area contributed by atoms with Gasteiger partial charge in [-0.15, -0.1) is 0 Å². The molecule has 1 rings (SSSR count). The molecular weight excluding hydrogens is 220 g/mol. The van der Waals surface area contributed by atoms with Crippen LogP contribution < -0.4 is 11.1 Å². The highest BCUT2D eigenvalue weighted by Gasteiger charge is 2.03. The maximum atomic E-state index is 6.11. The zero-order chi connectivity index (χ0) is 13.1. The Morgan fingerprint density at radius 1 is 1.00 bits per heavy atom. The van der Waals surface area contributed by atoms with Crippen LogP contribution in [-0.2, 0) is 0 Å². The van der Waals surface area contributed by atoms with E-state index in [0.717, 1.165) is 13.1 Å². The van der Waals surface area contributed by atoms with E-state index in [1.165, 1.54) is 44.1 Å². The van der Waals surface area contributed by atoms with Gasteiger partial charge in [-0.05, 0) is 18.5 Å². The van der Waals surface area contributed by atoms with Crippen LogP contribution in [0.3, 0.4) is 0 Å². The van der Waals surface area contributed by atoms with Gasteiger partial charge >= 0.3 is 0 Å². The molecule has 0 aliphatic carbocycles. The molecule has 2 heteroatoms. The van der Waals surface area contributed by atoms with Crippen molar-refractivity contribution in [1.29, 1.82) is 0 Å². The standard InChI is InChI=1S/C16H28N2/c1-2-3-4-5-6-10-13-18-14-16(17)15-11-8-7-9-12-15/h7-9,11-12,16,18H,2-6,10,13-14,17H2,1H3. The molecular formula is C16H28N2. The molecule has 0 aliphatic rings. The first-order valence-electron chi connectivity index (χ1n) is 7.36. The molecule has 0 spiro atoms. The fraction of sp³-hybridized carbons (Fsp3) is 0.625. The molecule has 0 amide bonds. The Balaban J connectivity index is 1.98. The summed E-state index contributed by atoms with van der Waals surface area (Å²) in [5.41, 5.74) is 7.33. The minimum atomic E-state index is 0.117. The van der Waals surface area contributed by atoms with Crippen LogP contribution in [0.4, 0.5) is 0 Å². The van der Waals surface area contributed by atoms with E-state index in [1.54, 1.807) is 0 Å². The lowest BCUT2D eigenvalue weighted by Crippen LogP contribution is -2.27. The second-order valence-corrected chi connectivity index (χ2v) is 4.99. The Kier molecular flexibility index (Phi) is 8.53. The predicted octanol–water partition coefficient (Wildman–Crippen LogP) is 3.64. The van der Waals surface area contributed by atoms with Crippen LogP contribution in [0.15, 0.2) is 30.3 Å². The minimum absolute atomic E-state index is 0.117. The molecule has 0 fully saturated rings. The van der Waals surface area contributed by atoms with E-state index in [-0.39, 0.29) is 6.04 Å². The molecule has 2 nitrogen and oxygen atoms in total. The normalized spacial score (nSPS) is 12.6. The monoisotopic (exact) mass is 248 g/mol. The molecule has 0 radical (unpaired) electrons. The van der Waals surface area contributed by atoms with Gasteiger partial charge in [0.25, 0.3) is 0 Å². The van der Waals surface area contributed by atoms with Crippen molar-refractivity contribution >= 4 is 0 Å². The maximum Gasteiger partial charge on any atom is 0.0421 e. The second-order valence-electron chi connectivity index (χ2n) is 4.99. The van der Waals surface area contributed by atoms with Gasteiger partial charge in [0, 0.05) is 12.6 Å². The van der Waals surface area contributed by atoms with Crippen molar-refractivity contribution in [2.24, 2.45) is 5.73 Å². The predicted molar refractivity (Wildman–Crippen MR) is 79.6 cm³/mol. The van der Waals surface area contributed by atoms with Gasteiger partial charge < -0.3 is 11.1 Å². The molecule has 102 valence electrons. The van der Waals surface area contributed by atoms with Crippen LogP contribution in [0, 0.1) is 0 Å². The number of unbranched alkanes of at least 4 members (excludes halogenated alkanes) is 5. The first-order valence-corrected chi connectivity index (χ1v) is 7.36. The largest absolute Gasteiger partial charge is 0.323 e. The molecule has 0 saturated heterocycles. The summed E-state index contributed by atoms with van der Waals surface area (Å²) in [4.78, 5) is 0. The number of benzene rings is 1.